The molecule has 0 aromatic carbocycles. The highest BCUT2D eigenvalue weighted by molar-refractivity contribution is 9.11. The summed E-state index contributed by atoms with van der Waals surface area (Å²) in [5.74, 6) is 0. The molecule has 0 amide bonds. The molecular weight excluding hydrogens is 244 g/mol. The summed E-state index contributed by atoms with van der Waals surface area (Å²) < 4.78 is 24.3. The maximum absolute atomic E-state index is 10.6. The Morgan fingerprint density at radius 3 is 2.50 bits per heavy atom. The molecule has 0 aliphatic carbocycles. The summed E-state index contributed by atoms with van der Waals surface area (Å²) >= 11 is 3.17. The largest absolute Gasteiger partial charge is 0.311 e. The lowest BCUT2D eigenvalue weighted by Crippen LogP contribution is -2.31. The molecule has 0 aliphatic rings. The van der Waals surface area contributed by atoms with Crippen LogP contribution in [0.5, 0.6) is 0 Å². The van der Waals surface area contributed by atoms with E-state index in [2.05, 4.69) is 32.5 Å². The minimum atomic E-state index is -3.05. The first-order chi connectivity index (χ1) is 5.42. The Labute approximate surface area is 81.6 Å². The van der Waals surface area contributed by atoms with Gasteiger partial charge in [0, 0.05) is 24.1 Å². The molecule has 0 rings (SSSR count). The second-order valence-electron chi connectivity index (χ2n) is 2.36. The molecule has 6 heteroatoms. The normalized spacial score (nSPS) is 11.5. The number of nitrogens with one attached hydrogen (secondary N) is 2. The quantitative estimate of drug-likeness (QED) is 0.660. The van der Waals surface area contributed by atoms with Crippen molar-refractivity contribution in [2.45, 2.75) is 0 Å². The van der Waals surface area contributed by atoms with Crippen LogP contribution < -0.4 is 10.0 Å². The van der Waals surface area contributed by atoms with E-state index in [0.717, 1.165) is 10.7 Å². The predicted octanol–water partition coefficient (Wildman–Crippen LogP) is 0.0338. The van der Waals surface area contributed by atoms with Gasteiger partial charge in [-0.2, -0.15) is 0 Å². The molecular formula is C6H13BrN2O2S. The summed E-state index contributed by atoms with van der Waals surface area (Å²) in [6.45, 7) is 5.26. The van der Waals surface area contributed by atoms with Crippen LogP contribution in [0.4, 0.5) is 0 Å². The smallest absolute Gasteiger partial charge is 0.208 e. The number of hydrogen-bond acceptors (Lipinski definition) is 3. The summed E-state index contributed by atoms with van der Waals surface area (Å²) in [6, 6.07) is 0. The van der Waals surface area contributed by atoms with Crippen LogP contribution in [0.1, 0.15) is 0 Å². The summed E-state index contributed by atoms with van der Waals surface area (Å²) in [5, 5.41) is 2.98. The van der Waals surface area contributed by atoms with Crippen molar-refractivity contribution >= 4 is 26.0 Å². The van der Waals surface area contributed by atoms with Crippen LogP contribution in [0.3, 0.4) is 0 Å². The molecule has 0 bridgehead atoms. The SMILES string of the molecule is C=C(Br)CNCCNS(C)(=O)=O. The Morgan fingerprint density at radius 2 is 2.08 bits per heavy atom. The molecule has 12 heavy (non-hydrogen) atoms. The highest BCUT2D eigenvalue weighted by Gasteiger charge is 1.97. The molecule has 0 radical (unpaired) electrons. The van der Waals surface area contributed by atoms with Crippen LogP contribution in [0, 0.1) is 0 Å². The van der Waals surface area contributed by atoms with Gasteiger partial charge in [-0.3, -0.25) is 0 Å². The zero-order valence-corrected chi connectivity index (χ0v) is 9.33. The standard InChI is InChI=1S/C6H13BrN2O2S/c1-6(7)5-8-3-4-9-12(2,10)11/h8-9H,1,3-5H2,2H3. The Bertz CT molecular complexity index is 238. The minimum Gasteiger partial charge on any atom is -0.311 e. The van der Waals surface area contributed by atoms with Gasteiger partial charge in [-0.15, -0.1) is 0 Å². The van der Waals surface area contributed by atoms with Gasteiger partial charge in [-0.05, 0) is 0 Å². The van der Waals surface area contributed by atoms with E-state index in [9.17, 15) is 8.42 Å². The van der Waals surface area contributed by atoms with Crippen LogP contribution >= 0.6 is 15.9 Å². The summed E-state index contributed by atoms with van der Waals surface area (Å²) in [7, 11) is -3.05. The van der Waals surface area contributed by atoms with Crippen LogP contribution in [0.15, 0.2) is 11.1 Å². The van der Waals surface area contributed by atoms with Crippen molar-refractivity contribution in [3.8, 4) is 0 Å². The molecule has 0 aromatic heterocycles. The van der Waals surface area contributed by atoms with Crippen molar-refractivity contribution in [3.05, 3.63) is 11.1 Å². The minimum absolute atomic E-state index is 0.402. The predicted molar refractivity (Wildman–Crippen MR) is 53.8 cm³/mol. The van der Waals surface area contributed by atoms with Gasteiger partial charge in [0.05, 0.1) is 6.26 Å². The van der Waals surface area contributed by atoms with E-state index >= 15 is 0 Å². The average molecular weight is 257 g/mol. The molecule has 0 fully saturated rings. The zero-order chi connectivity index (χ0) is 9.61. The van der Waals surface area contributed by atoms with Crippen LogP contribution in [0.2, 0.25) is 0 Å². The van der Waals surface area contributed by atoms with E-state index in [-0.39, 0.29) is 0 Å². The molecule has 4 nitrogen and oxygen atoms in total. The molecule has 0 aliphatic heterocycles. The first-order valence-corrected chi connectivity index (χ1v) is 6.09. The van der Waals surface area contributed by atoms with Gasteiger partial charge >= 0.3 is 0 Å². The molecule has 0 saturated carbocycles. The van der Waals surface area contributed by atoms with Gasteiger partial charge < -0.3 is 5.32 Å². The fourth-order valence-corrected chi connectivity index (χ4v) is 1.22. The van der Waals surface area contributed by atoms with Crippen molar-refractivity contribution in [1.29, 1.82) is 0 Å². The molecule has 0 aromatic rings. The third-order valence-corrected chi connectivity index (χ3v) is 1.99. The monoisotopic (exact) mass is 256 g/mol. The van der Waals surface area contributed by atoms with Crippen molar-refractivity contribution in [3.63, 3.8) is 0 Å². The van der Waals surface area contributed by atoms with Gasteiger partial charge in [-0.25, -0.2) is 13.1 Å². The maximum Gasteiger partial charge on any atom is 0.208 e. The lowest BCUT2D eigenvalue weighted by molar-refractivity contribution is 0.584. The summed E-state index contributed by atoms with van der Waals surface area (Å²) in [4.78, 5) is 0. The van der Waals surface area contributed by atoms with Gasteiger partial charge in [0.25, 0.3) is 0 Å². The molecule has 0 unspecified atom stereocenters. The molecule has 72 valence electrons. The number of hydrogen-bond donors (Lipinski definition) is 2. The Hall–Kier alpha value is 0.0900. The van der Waals surface area contributed by atoms with Crippen LogP contribution in [-0.2, 0) is 10.0 Å². The molecule has 0 saturated heterocycles. The fourth-order valence-electron chi connectivity index (χ4n) is 0.549. The lowest BCUT2D eigenvalue weighted by atomic mass is 10.6. The van der Waals surface area contributed by atoms with E-state index in [1.165, 1.54) is 0 Å². The van der Waals surface area contributed by atoms with Crippen LogP contribution in [-0.4, -0.2) is 34.3 Å². The molecule has 0 heterocycles. The topological polar surface area (TPSA) is 58.2 Å². The molecule has 2 N–H and O–H groups in total. The van der Waals surface area contributed by atoms with E-state index < -0.39 is 10.0 Å². The molecule has 0 atom stereocenters. The van der Waals surface area contributed by atoms with E-state index in [0.29, 0.717) is 19.6 Å². The van der Waals surface area contributed by atoms with Gasteiger partial charge in [0.1, 0.15) is 0 Å². The third kappa shape index (κ3) is 10.1. The first kappa shape index (κ1) is 12.1. The van der Waals surface area contributed by atoms with Crippen molar-refractivity contribution in [2.75, 3.05) is 25.9 Å². The number of rotatable bonds is 6. The van der Waals surface area contributed by atoms with E-state index in [1.807, 2.05) is 0 Å². The van der Waals surface area contributed by atoms with Gasteiger partial charge in [0.15, 0.2) is 0 Å². The fraction of sp³-hybridized carbons (Fsp3) is 0.667. The lowest BCUT2D eigenvalue weighted by Gasteiger charge is -2.03. The van der Waals surface area contributed by atoms with Crippen molar-refractivity contribution < 1.29 is 8.42 Å². The summed E-state index contributed by atoms with van der Waals surface area (Å²) in [6.07, 6.45) is 1.14. The van der Waals surface area contributed by atoms with Crippen LogP contribution in [0.25, 0.3) is 0 Å². The Balaban J connectivity index is 3.29. The number of sulfonamides is 1. The zero-order valence-electron chi connectivity index (χ0n) is 6.93. The van der Waals surface area contributed by atoms with Crippen molar-refractivity contribution in [2.24, 2.45) is 0 Å². The molecule has 0 spiro atoms. The average Bonchev–Trinajstić information content (AvgIpc) is 1.83. The van der Waals surface area contributed by atoms with Gasteiger partial charge in [0.2, 0.25) is 10.0 Å². The van der Waals surface area contributed by atoms with Crippen molar-refractivity contribution in [1.82, 2.24) is 10.0 Å². The Kier molecular flexibility index (Phi) is 5.73. The van der Waals surface area contributed by atoms with E-state index in [4.69, 9.17) is 0 Å². The second-order valence-corrected chi connectivity index (χ2v) is 5.32. The van der Waals surface area contributed by atoms with Gasteiger partial charge in [-0.1, -0.05) is 22.5 Å². The Morgan fingerprint density at radius 1 is 1.50 bits per heavy atom. The first-order valence-electron chi connectivity index (χ1n) is 3.40. The third-order valence-electron chi connectivity index (χ3n) is 0.983. The van der Waals surface area contributed by atoms with E-state index in [1.54, 1.807) is 0 Å². The number of halogens is 1. The highest BCUT2D eigenvalue weighted by Crippen LogP contribution is 1.95. The highest BCUT2D eigenvalue weighted by atomic mass is 79.9. The second kappa shape index (κ2) is 5.69. The summed E-state index contributed by atoms with van der Waals surface area (Å²) in [5.41, 5.74) is 0. The maximum atomic E-state index is 10.6.